The van der Waals surface area contributed by atoms with E-state index in [1.165, 1.54) is 44.0 Å². The van der Waals surface area contributed by atoms with Gasteiger partial charge in [0.1, 0.15) is 0 Å². The molecule has 4 aliphatic heterocycles. The van der Waals surface area contributed by atoms with Crippen molar-refractivity contribution in [1.82, 2.24) is 20.0 Å². The molecule has 1 N–H and O–H groups in total. The van der Waals surface area contributed by atoms with Crippen molar-refractivity contribution in [1.29, 1.82) is 0 Å². The third-order valence-corrected chi connectivity index (χ3v) is 6.12. The van der Waals surface area contributed by atoms with Crippen LogP contribution in [0.25, 0.3) is 0 Å². The summed E-state index contributed by atoms with van der Waals surface area (Å²) in [5.41, 5.74) is 2.68. The number of piperazine rings is 4. The van der Waals surface area contributed by atoms with Gasteiger partial charge in [-0.2, -0.15) is 0 Å². The molecule has 1 atom stereocenters. The van der Waals surface area contributed by atoms with Gasteiger partial charge in [0, 0.05) is 77.2 Å². The Morgan fingerprint density at radius 1 is 1.07 bits per heavy atom. The molecular formula is C21H34N6. The second-order valence-corrected chi connectivity index (χ2v) is 8.00. The molecule has 0 radical (unpaired) electrons. The Labute approximate surface area is 163 Å². The van der Waals surface area contributed by atoms with Crippen LogP contribution in [0.5, 0.6) is 0 Å². The molecule has 0 spiro atoms. The van der Waals surface area contributed by atoms with Gasteiger partial charge in [-0.3, -0.25) is 14.8 Å². The summed E-state index contributed by atoms with van der Waals surface area (Å²) >= 11 is 0. The lowest BCUT2D eigenvalue weighted by Crippen LogP contribution is -2.62. The number of aliphatic imine (C=N–C) groups is 1. The van der Waals surface area contributed by atoms with Crippen molar-refractivity contribution in [2.45, 2.75) is 19.9 Å². The fraction of sp³-hybridized carbons (Fsp3) is 0.667. The van der Waals surface area contributed by atoms with Crippen LogP contribution < -0.4 is 10.2 Å². The second kappa shape index (κ2) is 8.48. The number of benzene rings is 1. The Bertz CT molecular complexity index is 644. The van der Waals surface area contributed by atoms with E-state index in [4.69, 9.17) is 4.99 Å². The number of guanidine groups is 1. The van der Waals surface area contributed by atoms with Gasteiger partial charge < -0.3 is 15.1 Å². The van der Waals surface area contributed by atoms with E-state index in [9.17, 15) is 0 Å². The first kappa shape index (κ1) is 18.6. The highest BCUT2D eigenvalue weighted by molar-refractivity contribution is 5.80. The first-order chi connectivity index (χ1) is 13.2. The Hall–Kier alpha value is -1.79. The number of hydrogen-bond donors (Lipinski definition) is 1. The SMILES string of the molecule is CCNC(=NCC1CN2CCN1CC2)N1CCN(c2cccc(C)c2)CC1. The fourth-order valence-corrected chi connectivity index (χ4v) is 4.52. The van der Waals surface area contributed by atoms with E-state index >= 15 is 0 Å². The largest absolute Gasteiger partial charge is 0.368 e. The Balaban J connectivity index is 1.35. The molecule has 4 fully saturated rings. The summed E-state index contributed by atoms with van der Waals surface area (Å²) in [5.74, 6) is 1.10. The molecule has 0 saturated carbocycles. The summed E-state index contributed by atoms with van der Waals surface area (Å²) in [6.45, 7) is 16.4. The molecule has 4 aliphatic rings. The summed E-state index contributed by atoms with van der Waals surface area (Å²) in [6.07, 6.45) is 0. The van der Waals surface area contributed by atoms with Gasteiger partial charge in [-0.15, -0.1) is 0 Å². The molecule has 4 saturated heterocycles. The quantitative estimate of drug-likeness (QED) is 0.634. The van der Waals surface area contributed by atoms with Gasteiger partial charge in [0.2, 0.25) is 0 Å². The molecule has 5 rings (SSSR count). The number of aryl methyl sites for hydroxylation is 1. The Morgan fingerprint density at radius 3 is 2.48 bits per heavy atom. The van der Waals surface area contributed by atoms with E-state index < -0.39 is 0 Å². The molecule has 1 aromatic carbocycles. The monoisotopic (exact) mass is 370 g/mol. The normalized spacial score (nSPS) is 28.5. The summed E-state index contributed by atoms with van der Waals surface area (Å²) < 4.78 is 0. The highest BCUT2D eigenvalue weighted by atomic mass is 15.4. The molecule has 27 heavy (non-hydrogen) atoms. The molecule has 0 aromatic heterocycles. The fourth-order valence-electron chi connectivity index (χ4n) is 4.52. The lowest BCUT2D eigenvalue weighted by Gasteiger charge is -2.47. The van der Waals surface area contributed by atoms with E-state index in [0.717, 1.165) is 45.2 Å². The van der Waals surface area contributed by atoms with Gasteiger partial charge in [-0.05, 0) is 31.5 Å². The zero-order valence-corrected chi connectivity index (χ0v) is 16.9. The summed E-state index contributed by atoms with van der Waals surface area (Å²) in [5, 5.41) is 3.52. The maximum atomic E-state index is 5.04. The predicted molar refractivity (Wildman–Crippen MR) is 113 cm³/mol. The maximum Gasteiger partial charge on any atom is 0.194 e. The average molecular weight is 371 g/mol. The topological polar surface area (TPSA) is 37.4 Å². The van der Waals surface area contributed by atoms with Crippen molar-refractivity contribution in [2.24, 2.45) is 4.99 Å². The van der Waals surface area contributed by atoms with Crippen molar-refractivity contribution < 1.29 is 0 Å². The van der Waals surface area contributed by atoms with Crippen molar-refractivity contribution in [3.63, 3.8) is 0 Å². The zero-order valence-electron chi connectivity index (χ0n) is 16.9. The zero-order chi connectivity index (χ0) is 18.6. The predicted octanol–water partition coefficient (Wildman–Crippen LogP) is 1.08. The number of nitrogens with one attached hydrogen (secondary N) is 1. The van der Waals surface area contributed by atoms with Crippen LogP contribution in [-0.4, -0.2) is 98.7 Å². The highest BCUT2D eigenvalue weighted by Gasteiger charge is 2.31. The van der Waals surface area contributed by atoms with Crippen LogP contribution >= 0.6 is 0 Å². The number of hydrogen-bond acceptors (Lipinski definition) is 4. The Kier molecular flexibility index (Phi) is 5.83. The number of rotatable bonds is 4. The van der Waals surface area contributed by atoms with Crippen molar-refractivity contribution >= 4 is 11.6 Å². The van der Waals surface area contributed by atoms with Gasteiger partial charge in [0.25, 0.3) is 0 Å². The molecule has 0 aliphatic carbocycles. The van der Waals surface area contributed by atoms with E-state index in [1.54, 1.807) is 0 Å². The molecule has 4 heterocycles. The minimum atomic E-state index is 0.592. The molecular weight excluding hydrogens is 336 g/mol. The molecule has 2 bridgehead atoms. The first-order valence-corrected chi connectivity index (χ1v) is 10.5. The lowest BCUT2D eigenvalue weighted by atomic mass is 10.1. The molecule has 6 nitrogen and oxygen atoms in total. The molecule has 6 heteroatoms. The number of fused-ring (bicyclic) bond motifs is 3. The number of anilines is 1. The smallest absolute Gasteiger partial charge is 0.194 e. The van der Waals surface area contributed by atoms with Crippen LogP contribution in [0.4, 0.5) is 5.69 Å². The van der Waals surface area contributed by atoms with Crippen molar-refractivity contribution in [3.05, 3.63) is 29.8 Å². The van der Waals surface area contributed by atoms with Crippen LogP contribution in [0.1, 0.15) is 12.5 Å². The first-order valence-electron chi connectivity index (χ1n) is 10.5. The average Bonchev–Trinajstić information content (AvgIpc) is 2.72. The standard InChI is InChI=1S/C21H34N6/c1-3-22-21(23-16-20-17-24-7-9-26(20)10-8-24)27-13-11-25(12-14-27)19-6-4-5-18(2)15-19/h4-6,15,20H,3,7-14,16-17H2,1-2H3,(H,22,23). The molecule has 148 valence electrons. The van der Waals surface area contributed by atoms with Gasteiger partial charge >= 0.3 is 0 Å². The van der Waals surface area contributed by atoms with E-state index in [0.29, 0.717) is 6.04 Å². The van der Waals surface area contributed by atoms with E-state index in [-0.39, 0.29) is 0 Å². The van der Waals surface area contributed by atoms with E-state index in [2.05, 4.69) is 63.0 Å². The summed E-state index contributed by atoms with van der Waals surface area (Å²) in [7, 11) is 0. The molecule has 1 unspecified atom stereocenters. The van der Waals surface area contributed by atoms with Crippen molar-refractivity contribution in [2.75, 3.05) is 76.9 Å². The van der Waals surface area contributed by atoms with Crippen molar-refractivity contribution in [3.8, 4) is 0 Å². The van der Waals surface area contributed by atoms with Crippen LogP contribution in [0.2, 0.25) is 0 Å². The van der Waals surface area contributed by atoms with Gasteiger partial charge in [-0.25, -0.2) is 0 Å². The molecule has 1 aromatic rings. The van der Waals surface area contributed by atoms with Gasteiger partial charge in [-0.1, -0.05) is 12.1 Å². The van der Waals surface area contributed by atoms with E-state index in [1.807, 2.05) is 0 Å². The third kappa shape index (κ3) is 4.38. The van der Waals surface area contributed by atoms with Gasteiger partial charge in [0.15, 0.2) is 5.96 Å². The molecule has 0 amide bonds. The van der Waals surface area contributed by atoms with Crippen LogP contribution in [0.15, 0.2) is 29.3 Å². The van der Waals surface area contributed by atoms with Crippen LogP contribution in [0, 0.1) is 6.92 Å². The second-order valence-electron chi connectivity index (χ2n) is 8.00. The minimum absolute atomic E-state index is 0.592. The van der Waals surface area contributed by atoms with Gasteiger partial charge in [0.05, 0.1) is 6.54 Å². The number of nitrogens with zero attached hydrogens (tertiary/aromatic N) is 5. The lowest BCUT2D eigenvalue weighted by molar-refractivity contribution is 0.0173. The van der Waals surface area contributed by atoms with Crippen LogP contribution in [-0.2, 0) is 0 Å². The third-order valence-electron chi connectivity index (χ3n) is 6.12. The maximum absolute atomic E-state index is 5.04. The minimum Gasteiger partial charge on any atom is -0.368 e. The summed E-state index contributed by atoms with van der Waals surface area (Å²) in [4.78, 5) is 15.2. The highest BCUT2D eigenvalue weighted by Crippen LogP contribution is 2.18. The Morgan fingerprint density at radius 2 is 1.85 bits per heavy atom. The van der Waals surface area contributed by atoms with Crippen LogP contribution in [0.3, 0.4) is 0 Å². The summed E-state index contributed by atoms with van der Waals surface area (Å²) in [6, 6.07) is 9.43.